The molecule has 0 atom stereocenters. The Balaban J connectivity index is 0.00000288. The first-order valence-electron chi connectivity index (χ1n) is 7.09. The van der Waals surface area contributed by atoms with Gasteiger partial charge in [0.05, 0.1) is 13.7 Å². The first kappa shape index (κ1) is 19.8. The van der Waals surface area contributed by atoms with Crippen LogP contribution in [-0.4, -0.2) is 26.0 Å². The minimum atomic E-state index is -0.588. The van der Waals surface area contributed by atoms with Gasteiger partial charge in [-0.05, 0) is 18.2 Å². The number of nitrogens with two attached hydrogens (primary N) is 1. The Hall–Kier alpha value is -2.23. The summed E-state index contributed by atoms with van der Waals surface area (Å²) in [5.41, 5.74) is 6.17. The van der Waals surface area contributed by atoms with Gasteiger partial charge in [-0.3, -0.25) is 9.79 Å². The van der Waals surface area contributed by atoms with E-state index in [0.29, 0.717) is 24.8 Å². The van der Waals surface area contributed by atoms with Crippen LogP contribution in [-0.2, 0) is 13.1 Å². The van der Waals surface area contributed by atoms with Crippen LogP contribution < -0.4 is 21.1 Å². The number of nitrogens with one attached hydrogen (secondary N) is 2. The number of amides is 1. The number of aliphatic imine (C=N–C) groups is 1. The van der Waals surface area contributed by atoms with Crippen molar-refractivity contribution in [2.75, 3.05) is 14.2 Å². The molecule has 1 amide bonds. The van der Waals surface area contributed by atoms with Crippen LogP contribution in [0.3, 0.4) is 0 Å². The summed E-state index contributed by atoms with van der Waals surface area (Å²) in [6.45, 7) is 0.952. The maximum absolute atomic E-state index is 11.0. The second-order valence-electron chi connectivity index (χ2n) is 4.72. The molecule has 0 bridgehead atoms. The van der Waals surface area contributed by atoms with Crippen LogP contribution in [0.4, 0.5) is 0 Å². The molecule has 1 aromatic heterocycles. The maximum atomic E-state index is 11.0. The molecule has 0 aliphatic rings. The highest BCUT2D eigenvalue weighted by Gasteiger charge is 2.08. The molecular weight excluding hydrogens is 423 g/mol. The smallest absolute Gasteiger partial charge is 0.284 e. The van der Waals surface area contributed by atoms with Crippen molar-refractivity contribution in [3.8, 4) is 5.75 Å². The average Bonchev–Trinajstić information content (AvgIpc) is 3.04. The van der Waals surface area contributed by atoms with Gasteiger partial charge in [-0.1, -0.05) is 18.2 Å². The Morgan fingerprint density at radius 3 is 2.54 bits per heavy atom. The quantitative estimate of drug-likeness (QED) is 0.359. The van der Waals surface area contributed by atoms with Crippen molar-refractivity contribution in [1.29, 1.82) is 0 Å². The van der Waals surface area contributed by atoms with Gasteiger partial charge < -0.3 is 25.5 Å². The monoisotopic (exact) mass is 444 g/mol. The van der Waals surface area contributed by atoms with Crippen molar-refractivity contribution >= 4 is 35.8 Å². The lowest BCUT2D eigenvalue weighted by Gasteiger charge is -2.13. The number of primary amides is 1. The molecule has 0 saturated heterocycles. The van der Waals surface area contributed by atoms with Gasteiger partial charge >= 0.3 is 0 Å². The van der Waals surface area contributed by atoms with E-state index in [2.05, 4.69) is 15.6 Å². The van der Waals surface area contributed by atoms with Gasteiger partial charge in [0, 0.05) is 19.2 Å². The van der Waals surface area contributed by atoms with Gasteiger partial charge in [-0.25, -0.2) is 0 Å². The lowest BCUT2D eigenvalue weighted by molar-refractivity contribution is 0.0972. The summed E-state index contributed by atoms with van der Waals surface area (Å²) in [6.07, 6.45) is 0. The fourth-order valence-electron chi connectivity index (χ4n) is 2.02. The van der Waals surface area contributed by atoms with Gasteiger partial charge in [-0.15, -0.1) is 24.0 Å². The van der Waals surface area contributed by atoms with Crippen molar-refractivity contribution in [1.82, 2.24) is 10.6 Å². The van der Waals surface area contributed by atoms with Gasteiger partial charge in [0.1, 0.15) is 11.5 Å². The summed E-state index contributed by atoms with van der Waals surface area (Å²) < 4.78 is 10.6. The molecule has 4 N–H and O–H groups in total. The number of halogens is 1. The fraction of sp³-hybridized carbons (Fsp3) is 0.250. The molecule has 130 valence electrons. The number of hydrogen-bond acceptors (Lipinski definition) is 4. The van der Waals surface area contributed by atoms with E-state index in [-0.39, 0.29) is 29.7 Å². The number of furan rings is 1. The molecule has 1 heterocycles. The first-order chi connectivity index (χ1) is 11.1. The van der Waals surface area contributed by atoms with E-state index in [4.69, 9.17) is 14.9 Å². The van der Waals surface area contributed by atoms with Gasteiger partial charge in [0.2, 0.25) is 0 Å². The Bertz CT molecular complexity index is 700. The van der Waals surface area contributed by atoms with Gasteiger partial charge in [-0.2, -0.15) is 0 Å². The minimum absolute atomic E-state index is 0. The van der Waals surface area contributed by atoms with Crippen molar-refractivity contribution in [3.63, 3.8) is 0 Å². The molecule has 0 fully saturated rings. The van der Waals surface area contributed by atoms with Gasteiger partial charge in [0.25, 0.3) is 5.91 Å². The molecule has 24 heavy (non-hydrogen) atoms. The van der Waals surface area contributed by atoms with Gasteiger partial charge in [0.15, 0.2) is 11.7 Å². The summed E-state index contributed by atoms with van der Waals surface area (Å²) in [6, 6.07) is 11.0. The molecule has 0 radical (unpaired) electrons. The van der Waals surface area contributed by atoms with Crippen molar-refractivity contribution in [2.45, 2.75) is 13.1 Å². The Kier molecular flexibility index (Phi) is 8.10. The van der Waals surface area contributed by atoms with E-state index >= 15 is 0 Å². The number of nitrogens with zero attached hydrogens (tertiary/aromatic N) is 1. The fourth-order valence-corrected chi connectivity index (χ4v) is 2.02. The summed E-state index contributed by atoms with van der Waals surface area (Å²) in [7, 11) is 3.31. The lowest BCUT2D eigenvalue weighted by atomic mass is 10.2. The highest BCUT2D eigenvalue weighted by atomic mass is 127. The van der Waals surface area contributed by atoms with Crippen molar-refractivity contribution < 1.29 is 13.9 Å². The summed E-state index contributed by atoms with van der Waals surface area (Å²) in [5, 5.41) is 6.28. The molecule has 8 heteroatoms. The molecule has 0 spiro atoms. The van der Waals surface area contributed by atoms with E-state index in [9.17, 15) is 4.79 Å². The molecule has 0 aliphatic heterocycles. The highest BCUT2D eigenvalue weighted by molar-refractivity contribution is 14.0. The lowest BCUT2D eigenvalue weighted by Crippen LogP contribution is -2.36. The third kappa shape index (κ3) is 5.44. The van der Waals surface area contributed by atoms with E-state index in [1.807, 2.05) is 24.3 Å². The Morgan fingerprint density at radius 1 is 1.21 bits per heavy atom. The van der Waals surface area contributed by atoms with Crippen LogP contribution in [0.5, 0.6) is 5.75 Å². The Morgan fingerprint density at radius 2 is 1.92 bits per heavy atom. The second kappa shape index (κ2) is 9.81. The van der Waals surface area contributed by atoms with E-state index < -0.39 is 5.91 Å². The predicted octanol–water partition coefficient (Wildman–Crippen LogP) is 1.87. The largest absolute Gasteiger partial charge is 0.496 e. The van der Waals surface area contributed by atoms with E-state index in [1.165, 1.54) is 0 Å². The van der Waals surface area contributed by atoms with Crippen molar-refractivity contribution in [3.05, 3.63) is 53.5 Å². The molecule has 0 unspecified atom stereocenters. The molecule has 2 rings (SSSR count). The molecule has 0 saturated carbocycles. The van der Waals surface area contributed by atoms with Crippen LogP contribution in [0.2, 0.25) is 0 Å². The van der Waals surface area contributed by atoms with Crippen LogP contribution >= 0.6 is 24.0 Å². The van der Waals surface area contributed by atoms with Crippen LogP contribution in [0, 0.1) is 0 Å². The number of hydrogen-bond donors (Lipinski definition) is 3. The normalized spacial score (nSPS) is 10.7. The van der Waals surface area contributed by atoms with Crippen molar-refractivity contribution in [2.24, 2.45) is 10.7 Å². The summed E-state index contributed by atoms with van der Waals surface area (Å²) in [4.78, 5) is 15.1. The van der Waals surface area contributed by atoms with Crippen LogP contribution in [0.15, 0.2) is 45.8 Å². The number of para-hydroxylation sites is 1. The van der Waals surface area contributed by atoms with Crippen LogP contribution in [0.1, 0.15) is 21.9 Å². The second-order valence-corrected chi connectivity index (χ2v) is 4.72. The minimum Gasteiger partial charge on any atom is -0.496 e. The zero-order chi connectivity index (χ0) is 16.7. The Labute approximate surface area is 157 Å². The average molecular weight is 444 g/mol. The number of guanidine groups is 1. The number of carbonyl (C=O) groups excluding carboxylic acids is 1. The van der Waals surface area contributed by atoms with E-state index in [0.717, 1.165) is 11.3 Å². The number of carbonyl (C=O) groups is 1. The van der Waals surface area contributed by atoms with E-state index in [1.54, 1.807) is 26.3 Å². The summed E-state index contributed by atoms with van der Waals surface area (Å²) in [5.74, 6) is 1.56. The first-order valence-corrected chi connectivity index (χ1v) is 7.09. The standard InChI is InChI=1S/C16H20N4O3.HI/c1-18-16(19-9-11-5-3-4-6-13(11)22-2)20-10-12-7-8-14(23-12)15(17)21;/h3-8H,9-10H2,1-2H3,(H2,17,21)(H2,18,19,20);1H. The zero-order valence-electron chi connectivity index (χ0n) is 13.5. The molecule has 2 aromatic rings. The third-order valence-electron chi connectivity index (χ3n) is 3.20. The molecule has 0 aliphatic carbocycles. The zero-order valence-corrected chi connectivity index (χ0v) is 15.9. The molecule has 1 aromatic carbocycles. The SMILES string of the molecule is CN=C(NCc1ccc(C(N)=O)o1)NCc1ccccc1OC.I. The van der Waals surface area contributed by atoms with Crippen LogP contribution in [0.25, 0.3) is 0 Å². The molecular formula is C16H21IN4O3. The predicted molar refractivity (Wildman–Crippen MR) is 103 cm³/mol. The maximum Gasteiger partial charge on any atom is 0.284 e. The molecule has 7 nitrogen and oxygen atoms in total. The number of rotatable bonds is 6. The highest BCUT2D eigenvalue weighted by Crippen LogP contribution is 2.16. The number of methoxy groups -OCH3 is 1. The third-order valence-corrected chi connectivity index (χ3v) is 3.20. The summed E-state index contributed by atoms with van der Waals surface area (Å²) >= 11 is 0. The number of benzene rings is 1. The number of ether oxygens (including phenoxy) is 1. The topological polar surface area (TPSA) is 102 Å².